The molecule has 0 spiro atoms. The van der Waals surface area contributed by atoms with Crippen LogP contribution in [0.2, 0.25) is 0 Å². The molecular formula is C35H41O2P. The van der Waals surface area contributed by atoms with E-state index in [1.807, 2.05) is 0 Å². The molecule has 0 unspecified atom stereocenters. The first-order chi connectivity index (χ1) is 18.3. The van der Waals surface area contributed by atoms with E-state index >= 15 is 0 Å². The zero-order valence-electron chi connectivity index (χ0n) is 24.1. The van der Waals surface area contributed by atoms with Crippen LogP contribution in [0.4, 0.5) is 0 Å². The summed E-state index contributed by atoms with van der Waals surface area (Å²) in [5.41, 5.74) is 6.57. The van der Waals surface area contributed by atoms with Crippen molar-refractivity contribution in [2.75, 3.05) is 14.2 Å². The highest BCUT2D eigenvalue weighted by Gasteiger charge is 2.30. The monoisotopic (exact) mass is 524 g/mol. The molecule has 0 atom stereocenters. The second-order valence-electron chi connectivity index (χ2n) is 10.7. The normalized spacial score (nSPS) is 11.6. The summed E-state index contributed by atoms with van der Waals surface area (Å²) in [6.45, 7) is 13.8. The van der Waals surface area contributed by atoms with Crippen LogP contribution in [-0.4, -0.2) is 14.2 Å². The average Bonchev–Trinajstić information content (AvgIpc) is 2.93. The van der Waals surface area contributed by atoms with E-state index in [0.717, 1.165) is 17.1 Å². The average molecular weight is 525 g/mol. The van der Waals surface area contributed by atoms with Gasteiger partial charge < -0.3 is 9.47 Å². The first-order valence-corrected chi connectivity index (χ1v) is 15.0. The zero-order chi connectivity index (χ0) is 27.4. The van der Waals surface area contributed by atoms with Crippen molar-refractivity contribution in [3.05, 3.63) is 102 Å². The first-order valence-electron chi connectivity index (χ1n) is 13.6. The Bertz CT molecular complexity index is 1290. The number of methoxy groups -OCH3 is 2. The number of rotatable bonds is 9. The van der Waals surface area contributed by atoms with Crippen LogP contribution in [0.15, 0.2) is 84.9 Å². The van der Waals surface area contributed by atoms with E-state index in [1.165, 1.54) is 38.2 Å². The topological polar surface area (TPSA) is 18.5 Å². The fourth-order valence-corrected chi connectivity index (χ4v) is 7.74. The van der Waals surface area contributed by atoms with Crippen LogP contribution in [0.25, 0.3) is 11.1 Å². The third kappa shape index (κ3) is 5.52. The minimum atomic E-state index is -0.927. The molecule has 0 aliphatic carbocycles. The van der Waals surface area contributed by atoms with Crippen LogP contribution >= 0.6 is 7.92 Å². The standard InChI is InChI=1S/C35H41O2P/c1-23(2)26-21-29(24(3)4)33(30(22-26)25(5)6)34-31(36-7)19-20-32(37-8)35(34)38(27-15-11-9-12-16-27)28-17-13-10-14-18-28/h9-25H,1-8H3. The minimum absolute atomic E-state index is 0.352. The number of hydrogen-bond acceptors (Lipinski definition) is 2. The van der Waals surface area contributed by atoms with Crippen LogP contribution in [-0.2, 0) is 0 Å². The Morgan fingerprint density at radius 1 is 0.526 bits per heavy atom. The molecule has 0 amide bonds. The Morgan fingerprint density at radius 3 is 1.37 bits per heavy atom. The lowest BCUT2D eigenvalue weighted by Crippen LogP contribution is -2.24. The maximum atomic E-state index is 6.16. The Kier molecular flexibility index (Phi) is 8.95. The fraction of sp³-hybridized carbons (Fsp3) is 0.314. The lowest BCUT2D eigenvalue weighted by atomic mass is 9.81. The van der Waals surface area contributed by atoms with Crippen LogP contribution in [0.5, 0.6) is 11.5 Å². The van der Waals surface area contributed by atoms with Crippen molar-refractivity contribution < 1.29 is 9.47 Å². The predicted octanol–water partition coefficient (Wildman–Crippen LogP) is 8.50. The summed E-state index contributed by atoms with van der Waals surface area (Å²) in [5, 5.41) is 3.79. The molecule has 38 heavy (non-hydrogen) atoms. The fourth-order valence-electron chi connectivity index (χ4n) is 5.16. The van der Waals surface area contributed by atoms with Gasteiger partial charge in [0.2, 0.25) is 0 Å². The smallest absolute Gasteiger partial charge is 0.128 e. The maximum absolute atomic E-state index is 6.16. The summed E-state index contributed by atoms with van der Waals surface area (Å²) in [6, 6.07) is 30.7. The SMILES string of the molecule is COc1ccc(OC)c(P(c2ccccc2)c2ccccc2)c1-c1c(C(C)C)cc(C(C)C)cc1C(C)C. The third-order valence-electron chi connectivity index (χ3n) is 7.18. The van der Waals surface area contributed by atoms with Gasteiger partial charge >= 0.3 is 0 Å². The quantitative estimate of drug-likeness (QED) is 0.204. The molecule has 0 aliphatic heterocycles. The zero-order valence-corrected chi connectivity index (χ0v) is 25.0. The Morgan fingerprint density at radius 2 is 0.974 bits per heavy atom. The molecule has 198 valence electrons. The van der Waals surface area contributed by atoms with Gasteiger partial charge in [0.1, 0.15) is 11.5 Å². The molecular weight excluding hydrogens is 483 g/mol. The van der Waals surface area contributed by atoms with Crippen LogP contribution in [0.1, 0.15) is 76.0 Å². The van der Waals surface area contributed by atoms with Gasteiger partial charge in [-0.2, -0.15) is 0 Å². The molecule has 4 rings (SSSR count). The molecule has 0 N–H and O–H groups in total. The second kappa shape index (κ2) is 12.2. The highest BCUT2D eigenvalue weighted by Crippen LogP contribution is 2.48. The van der Waals surface area contributed by atoms with Crippen molar-refractivity contribution in [3.8, 4) is 22.6 Å². The van der Waals surface area contributed by atoms with Crippen molar-refractivity contribution in [2.24, 2.45) is 0 Å². The van der Waals surface area contributed by atoms with Crippen molar-refractivity contribution in [2.45, 2.75) is 59.3 Å². The molecule has 3 heteroatoms. The lowest BCUT2D eigenvalue weighted by molar-refractivity contribution is 0.407. The summed E-state index contributed by atoms with van der Waals surface area (Å²) in [6.07, 6.45) is 0. The Hall–Kier alpha value is -3.09. The van der Waals surface area contributed by atoms with E-state index in [0.29, 0.717) is 17.8 Å². The Balaban J connectivity index is 2.21. The van der Waals surface area contributed by atoms with Gasteiger partial charge in [0.15, 0.2) is 0 Å². The third-order valence-corrected chi connectivity index (χ3v) is 9.70. The van der Waals surface area contributed by atoms with Gasteiger partial charge in [0, 0.05) is 10.9 Å². The minimum Gasteiger partial charge on any atom is -0.496 e. The van der Waals surface area contributed by atoms with Gasteiger partial charge in [-0.25, -0.2) is 0 Å². The van der Waals surface area contributed by atoms with Gasteiger partial charge in [-0.1, -0.05) is 114 Å². The van der Waals surface area contributed by atoms with E-state index in [4.69, 9.17) is 9.47 Å². The van der Waals surface area contributed by atoms with Crippen molar-refractivity contribution in [3.63, 3.8) is 0 Å². The molecule has 0 heterocycles. The molecule has 4 aromatic carbocycles. The van der Waals surface area contributed by atoms with E-state index in [-0.39, 0.29) is 0 Å². The second-order valence-corrected chi connectivity index (χ2v) is 12.9. The highest BCUT2D eigenvalue weighted by molar-refractivity contribution is 7.80. The van der Waals surface area contributed by atoms with E-state index in [2.05, 4.69) is 126 Å². The summed E-state index contributed by atoms with van der Waals surface area (Å²) in [7, 11) is 2.64. The van der Waals surface area contributed by atoms with Crippen molar-refractivity contribution in [1.82, 2.24) is 0 Å². The Labute approximate surface area is 230 Å². The van der Waals surface area contributed by atoms with Gasteiger partial charge in [-0.3, -0.25) is 0 Å². The molecule has 0 saturated heterocycles. The lowest BCUT2D eigenvalue weighted by Gasteiger charge is -2.30. The molecule has 0 radical (unpaired) electrons. The number of ether oxygens (including phenoxy) is 2. The number of benzene rings is 4. The van der Waals surface area contributed by atoms with Crippen LogP contribution < -0.4 is 25.4 Å². The van der Waals surface area contributed by atoms with Crippen LogP contribution in [0.3, 0.4) is 0 Å². The molecule has 0 aliphatic rings. The summed E-state index contributed by atoms with van der Waals surface area (Å²) in [5.74, 6) is 2.95. The van der Waals surface area contributed by atoms with Crippen LogP contribution in [0, 0.1) is 0 Å². The maximum Gasteiger partial charge on any atom is 0.128 e. The van der Waals surface area contributed by atoms with Gasteiger partial charge in [-0.15, -0.1) is 0 Å². The first kappa shape index (κ1) is 27.9. The van der Waals surface area contributed by atoms with Crippen molar-refractivity contribution in [1.29, 1.82) is 0 Å². The molecule has 0 aromatic heterocycles. The van der Waals surface area contributed by atoms with Crippen molar-refractivity contribution >= 4 is 23.8 Å². The molecule has 0 fully saturated rings. The van der Waals surface area contributed by atoms with Gasteiger partial charge in [0.25, 0.3) is 0 Å². The summed E-state index contributed by atoms with van der Waals surface area (Å²) >= 11 is 0. The van der Waals surface area contributed by atoms with E-state index < -0.39 is 7.92 Å². The summed E-state index contributed by atoms with van der Waals surface area (Å²) in [4.78, 5) is 0. The molecule has 2 nitrogen and oxygen atoms in total. The van der Waals surface area contributed by atoms with Gasteiger partial charge in [-0.05, 0) is 70.7 Å². The van der Waals surface area contributed by atoms with E-state index in [1.54, 1.807) is 14.2 Å². The largest absolute Gasteiger partial charge is 0.496 e. The number of hydrogen-bond donors (Lipinski definition) is 0. The molecule has 0 bridgehead atoms. The predicted molar refractivity (Wildman–Crippen MR) is 166 cm³/mol. The summed E-state index contributed by atoms with van der Waals surface area (Å²) < 4.78 is 12.3. The molecule has 0 saturated carbocycles. The highest BCUT2D eigenvalue weighted by atomic mass is 31.1. The van der Waals surface area contributed by atoms with E-state index in [9.17, 15) is 0 Å². The van der Waals surface area contributed by atoms with Gasteiger partial charge in [0.05, 0.1) is 14.2 Å². The molecule has 4 aromatic rings.